The zero-order valence-electron chi connectivity index (χ0n) is 12.7. The Morgan fingerprint density at radius 2 is 2.18 bits per heavy atom. The van der Waals surface area contributed by atoms with Gasteiger partial charge in [-0.2, -0.15) is 4.37 Å². The number of nitrogens with zero attached hydrogens (tertiary/aromatic N) is 3. The van der Waals surface area contributed by atoms with Crippen LogP contribution in [0.4, 0.5) is 0 Å². The van der Waals surface area contributed by atoms with Gasteiger partial charge in [0.25, 0.3) is 5.88 Å². The maximum atomic E-state index is 6.24. The molecule has 5 heteroatoms. The van der Waals surface area contributed by atoms with Crippen molar-refractivity contribution in [1.82, 2.24) is 13.6 Å². The van der Waals surface area contributed by atoms with Crippen molar-refractivity contribution in [2.24, 2.45) is 0 Å². The molecule has 0 radical (unpaired) electrons. The van der Waals surface area contributed by atoms with Crippen LogP contribution in [0.1, 0.15) is 35.8 Å². The Labute approximate surface area is 134 Å². The Hall–Kier alpha value is -1.72. The summed E-state index contributed by atoms with van der Waals surface area (Å²) < 4.78 is 15.1. The first-order chi connectivity index (χ1) is 10.8. The molecule has 0 saturated heterocycles. The SMILES string of the molecule is CN1CCC=C(c2nsnc2OC2CCc3ccccc32)C1. The normalized spacial score (nSPS) is 21.5. The fraction of sp³-hybridized carbons (Fsp3) is 0.412. The lowest BCUT2D eigenvalue weighted by atomic mass is 10.1. The summed E-state index contributed by atoms with van der Waals surface area (Å²) in [6, 6.07) is 8.54. The first kappa shape index (κ1) is 13.9. The Balaban J connectivity index is 1.58. The highest BCUT2D eigenvalue weighted by Gasteiger charge is 2.27. The molecule has 114 valence electrons. The minimum absolute atomic E-state index is 0.112. The van der Waals surface area contributed by atoms with Crippen LogP contribution in [0.3, 0.4) is 0 Å². The molecule has 1 aliphatic heterocycles. The summed E-state index contributed by atoms with van der Waals surface area (Å²) in [5.74, 6) is 0.702. The van der Waals surface area contributed by atoms with Gasteiger partial charge in [0.05, 0.1) is 11.7 Å². The highest BCUT2D eigenvalue weighted by molar-refractivity contribution is 6.99. The number of aromatic nitrogens is 2. The summed E-state index contributed by atoms with van der Waals surface area (Å²) >= 11 is 1.24. The van der Waals surface area contributed by atoms with Crippen molar-refractivity contribution in [3.63, 3.8) is 0 Å². The third kappa shape index (κ3) is 2.55. The highest BCUT2D eigenvalue weighted by atomic mass is 32.1. The van der Waals surface area contributed by atoms with Gasteiger partial charge in [0.2, 0.25) is 0 Å². The lowest BCUT2D eigenvalue weighted by Gasteiger charge is -2.22. The van der Waals surface area contributed by atoms with Crippen molar-refractivity contribution in [3.8, 4) is 5.88 Å². The predicted octanol–water partition coefficient (Wildman–Crippen LogP) is 3.32. The minimum Gasteiger partial charge on any atom is -0.467 e. The summed E-state index contributed by atoms with van der Waals surface area (Å²) in [4.78, 5) is 2.31. The van der Waals surface area contributed by atoms with Crippen LogP contribution in [-0.4, -0.2) is 33.8 Å². The number of hydrogen-bond donors (Lipinski definition) is 0. The van der Waals surface area contributed by atoms with Crippen molar-refractivity contribution in [1.29, 1.82) is 0 Å². The number of likely N-dealkylation sites (N-methyl/N-ethyl adjacent to an activating group) is 1. The summed E-state index contributed by atoms with van der Waals surface area (Å²) in [6.45, 7) is 2.02. The maximum Gasteiger partial charge on any atom is 0.254 e. The molecule has 4 nitrogen and oxygen atoms in total. The fourth-order valence-corrected chi connectivity index (χ4v) is 3.82. The molecule has 4 rings (SSSR count). The number of rotatable bonds is 3. The van der Waals surface area contributed by atoms with Gasteiger partial charge in [-0.1, -0.05) is 30.3 Å². The van der Waals surface area contributed by atoms with Gasteiger partial charge in [0.15, 0.2) is 0 Å². The predicted molar refractivity (Wildman–Crippen MR) is 88.1 cm³/mol. The lowest BCUT2D eigenvalue weighted by Crippen LogP contribution is -2.25. The standard InChI is InChI=1S/C17H19N3OS/c1-20-10-4-6-13(11-20)16-17(19-22-18-16)21-15-9-8-12-5-2-3-7-14(12)15/h2-3,5-7,15H,4,8-11H2,1H3. The highest BCUT2D eigenvalue weighted by Crippen LogP contribution is 2.37. The average molecular weight is 313 g/mol. The van der Waals surface area contributed by atoms with Crippen LogP contribution in [0.2, 0.25) is 0 Å². The summed E-state index contributed by atoms with van der Waals surface area (Å²) in [6.07, 6.45) is 5.55. The van der Waals surface area contributed by atoms with Gasteiger partial charge in [-0.05, 0) is 43.0 Å². The first-order valence-corrected chi connectivity index (χ1v) is 8.49. The molecule has 0 bridgehead atoms. The van der Waals surface area contributed by atoms with Crippen LogP contribution in [-0.2, 0) is 6.42 Å². The van der Waals surface area contributed by atoms with Gasteiger partial charge in [0.1, 0.15) is 11.8 Å². The van der Waals surface area contributed by atoms with Crippen LogP contribution in [0, 0.1) is 0 Å². The monoisotopic (exact) mass is 313 g/mol. The van der Waals surface area contributed by atoms with Gasteiger partial charge < -0.3 is 9.64 Å². The molecule has 2 aromatic rings. The van der Waals surface area contributed by atoms with E-state index in [1.165, 1.54) is 28.4 Å². The van der Waals surface area contributed by atoms with Crippen molar-refractivity contribution in [3.05, 3.63) is 47.2 Å². The molecule has 22 heavy (non-hydrogen) atoms. The molecule has 1 aliphatic carbocycles. The average Bonchev–Trinajstić information content (AvgIpc) is 3.15. The second kappa shape index (κ2) is 5.82. The van der Waals surface area contributed by atoms with Crippen LogP contribution in [0.25, 0.3) is 5.57 Å². The van der Waals surface area contributed by atoms with Crippen molar-refractivity contribution < 1.29 is 4.74 Å². The molecule has 0 spiro atoms. The minimum atomic E-state index is 0.112. The third-order valence-corrected chi connectivity index (χ3v) is 4.95. The quantitative estimate of drug-likeness (QED) is 0.871. The van der Waals surface area contributed by atoms with Gasteiger partial charge >= 0.3 is 0 Å². The molecule has 0 amide bonds. The summed E-state index contributed by atoms with van der Waals surface area (Å²) in [5.41, 5.74) is 4.87. The second-order valence-electron chi connectivity index (χ2n) is 6.02. The number of benzene rings is 1. The molecule has 1 atom stereocenters. The molecule has 1 unspecified atom stereocenters. The third-order valence-electron chi connectivity index (χ3n) is 4.44. The maximum absolute atomic E-state index is 6.24. The van der Waals surface area contributed by atoms with Crippen LogP contribution in [0.5, 0.6) is 5.88 Å². The molecular formula is C17H19N3OS. The molecular weight excluding hydrogens is 294 g/mol. The lowest BCUT2D eigenvalue weighted by molar-refractivity contribution is 0.200. The number of hydrogen-bond acceptors (Lipinski definition) is 5. The van der Waals surface area contributed by atoms with E-state index < -0.39 is 0 Å². The molecule has 1 aromatic heterocycles. The smallest absolute Gasteiger partial charge is 0.254 e. The Morgan fingerprint density at radius 3 is 3.09 bits per heavy atom. The van der Waals surface area contributed by atoms with Gasteiger partial charge in [-0.3, -0.25) is 0 Å². The van der Waals surface area contributed by atoms with Gasteiger partial charge in [-0.15, -0.1) is 4.37 Å². The second-order valence-corrected chi connectivity index (χ2v) is 6.55. The van der Waals surface area contributed by atoms with Crippen LogP contribution >= 0.6 is 11.7 Å². The van der Waals surface area contributed by atoms with E-state index in [-0.39, 0.29) is 6.10 Å². The number of aryl methyl sites for hydroxylation is 1. The van der Waals surface area contributed by atoms with Gasteiger partial charge in [-0.25, -0.2) is 0 Å². The van der Waals surface area contributed by atoms with Crippen molar-refractivity contribution in [2.45, 2.75) is 25.4 Å². The van der Waals surface area contributed by atoms with E-state index in [1.807, 2.05) is 0 Å². The van der Waals surface area contributed by atoms with E-state index in [4.69, 9.17) is 4.74 Å². The Kier molecular flexibility index (Phi) is 3.68. The summed E-state index contributed by atoms with van der Waals surface area (Å²) in [5, 5.41) is 0. The Morgan fingerprint density at radius 1 is 1.27 bits per heavy atom. The topological polar surface area (TPSA) is 38.2 Å². The molecule has 0 fully saturated rings. The van der Waals surface area contributed by atoms with Crippen LogP contribution < -0.4 is 4.74 Å². The first-order valence-electron chi connectivity index (χ1n) is 7.76. The Bertz CT molecular complexity index is 709. The molecule has 1 aromatic carbocycles. The number of ether oxygens (including phenoxy) is 1. The summed E-state index contributed by atoms with van der Waals surface area (Å²) in [7, 11) is 2.14. The van der Waals surface area contributed by atoms with Crippen LogP contribution in [0.15, 0.2) is 30.3 Å². The van der Waals surface area contributed by atoms with E-state index in [2.05, 4.69) is 51.0 Å². The largest absolute Gasteiger partial charge is 0.467 e. The fourth-order valence-electron chi connectivity index (χ4n) is 3.29. The van der Waals surface area contributed by atoms with Crippen molar-refractivity contribution in [2.75, 3.05) is 20.1 Å². The molecule has 2 aliphatic rings. The van der Waals surface area contributed by atoms with E-state index in [0.29, 0.717) is 5.88 Å². The van der Waals surface area contributed by atoms with E-state index in [9.17, 15) is 0 Å². The van der Waals surface area contributed by atoms with E-state index >= 15 is 0 Å². The molecule has 0 N–H and O–H groups in total. The van der Waals surface area contributed by atoms with Gasteiger partial charge in [0, 0.05) is 13.1 Å². The molecule has 0 saturated carbocycles. The zero-order chi connectivity index (χ0) is 14.9. The van der Waals surface area contributed by atoms with E-state index in [1.54, 1.807) is 0 Å². The number of fused-ring (bicyclic) bond motifs is 1. The molecule has 2 heterocycles. The zero-order valence-corrected chi connectivity index (χ0v) is 13.5. The van der Waals surface area contributed by atoms with Crippen molar-refractivity contribution >= 4 is 17.3 Å². The van der Waals surface area contributed by atoms with E-state index in [0.717, 1.165) is 38.0 Å².